The molecule has 3 aromatic rings. The van der Waals surface area contributed by atoms with Crippen molar-refractivity contribution in [3.8, 4) is 11.5 Å². The molecule has 1 fully saturated rings. The Bertz CT molecular complexity index is 1180. The van der Waals surface area contributed by atoms with Crippen molar-refractivity contribution in [2.24, 2.45) is 0 Å². The van der Waals surface area contributed by atoms with Gasteiger partial charge in [-0.15, -0.1) is 0 Å². The van der Waals surface area contributed by atoms with Gasteiger partial charge in [-0.25, -0.2) is 8.42 Å². The summed E-state index contributed by atoms with van der Waals surface area (Å²) in [5.41, 5.74) is 1.67. The van der Waals surface area contributed by atoms with Crippen molar-refractivity contribution in [3.05, 3.63) is 71.4 Å². The lowest BCUT2D eigenvalue weighted by Crippen LogP contribution is -2.49. The van der Waals surface area contributed by atoms with E-state index in [9.17, 15) is 8.42 Å². The molecule has 1 aliphatic heterocycles. The molecule has 0 spiro atoms. The van der Waals surface area contributed by atoms with E-state index < -0.39 is 15.6 Å². The van der Waals surface area contributed by atoms with E-state index in [1.165, 1.54) is 4.31 Å². The van der Waals surface area contributed by atoms with Crippen LogP contribution in [0.4, 0.5) is 0 Å². The lowest BCUT2D eigenvalue weighted by Gasteiger charge is -2.39. The van der Waals surface area contributed by atoms with Gasteiger partial charge in [-0.1, -0.05) is 24.3 Å². The SMILES string of the molecule is CCn1nc(S(=O)(=O)N(Cc2ccc(OC)cc2)Cc2ccc(OC)cc2)cc1C1(OC)COC1. The predicted octanol–water partition coefficient (Wildman–Crippen LogP) is 3.18. The van der Waals surface area contributed by atoms with E-state index in [-0.39, 0.29) is 18.1 Å². The monoisotopic (exact) mass is 501 g/mol. The predicted molar refractivity (Wildman–Crippen MR) is 130 cm³/mol. The summed E-state index contributed by atoms with van der Waals surface area (Å²) < 4.78 is 52.5. The first kappa shape index (κ1) is 25.2. The number of methoxy groups -OCH3 is 3. The van der Waals surface area contributed by atoms with Crippen LogP contribution < -0.4 is 9.47 Å². The first-order chi connectivity index (χ1) is 16.8. The van der Waals surface area contributed by atoms with E-state index >= 15 is 0 Å². The molecule has 0 bridgehead atoms. The van der Waals surface area contributed by atoms with Gasteiger partial charge in [0.25, 0.3) is 10.0 Å². The van der Waals surface area contributed by atoms with E-state index in [0.29, 0.717) is 37.0 Å². The zero-order chi connectivity index (χ0) is 25.1. The van der Waals surface area contributed by atoms with Crippen LogP contribution in [0.2, 0.25) is 0 Å². The van der Waals surface area contributed by atoms with Crippen LogP contribution in [0.25, 0.3) is 0 Å². The maximum atomic E-state index is 13.9. The maximum absolute atomic E-state index is 13.9. The molecule has 9 nitrogen and oxygen atoms in total. The van der Waals surface area contributed by atoms with Gasteiger partial charge in [0.1, 0.15) is 11.5 Å². The van der Waals surface area contributed by atoms with Crippen LogP contribution in [0.3, 0.4) is 0 Å². The molecule has 0 saturated carbocycles. The van der Waals surface area contributed by atoms with Crippen molar-refractivity contribution in [1.82, 2.24) is 14.1 Å². The number of ether oxygens (including phenoxy) is 4. The van der Waals surface area contributed by atoms with Gasteiger partial charge < -0.3 is 18.9 Å². The van der Waals surface area contributed by atoms with E-state index in [0.717, 1.165) is 11.1 Å². The largest absolute Gasteiger partial charge is 0.497 e. The summed E-state index contributed by atoms with van der Waals surface area (Å²) in [6.45, 7) is 3.48. The second-order valence-corrected chi connectivity index (χ2v) is 10.2. The van der Waals surface area contributed by atoms with Crippen molar-refractivity contribution in [2.75, 3.05) is 34.5 Å². The lowest BCUT2D eigenvalue weighted by atomic mass is 9.97. The molecule has 0 aliphatic carbocycles. The van der Waals surface area contributed by atoms with Crippen molar-refractivity contribution in [1.29, 1.82) is 0 Å². The molecule has 1 aliphatic rings. The number of hydrogen-bond acceptors (Lipinski definition) is 7. The standard InChI is InChI=1S/C25H31N3O6S/c1-5-28-23(25(33-4)17-34-18-25)14-24(26-28)35(29,30)27(15-19-6-10-21(31-2)11-7-19)16-20-8-12-22(32-3)13-9-20/h6-14H,5,15-18H2,1-4H3. The topological polar surface area (TPSA) is 92.1 Å². The summed E-state index contributed by atoms with van der Waals surface area (Å²) in [5, 5.41) is 4.45. The van der Waals surface area contributed by atoms with Gasteiger partial charge in [-0.2, -0.15) is 9.40 Å². The highest BCUT2D eigenvalue weighted by atomic mass is 32.2. The van der Waals surface area contributed by atoms with Crippen molar-refractivity contribution >= 4 is 10.0 Å². The van der Waals surface area contributed by atoms with E-state index in [4.69, 9.17) is 18.9 Å². The van der Waals surface area contributed by atoms with Crippen molar-refractivity contribution in [2.45, 2.75) is 37.2 Å². The molecule has 0 unspecified atom stereocenters. The molecule has 4 rings (SSSR count). The van der Waals surface area contributed by atoms with Crippen LogP contribution >= 0.6 is 0 Å². The third-order valence-corrected chi connectivity index (χ3v) is 7.89. The van der Waals surface area contributed by atoms with Gasteiger partial charge in [0.05, 0.1) is 33.1 Å². The Balaban J connectivity index is 1.70. The number of sulfonamides is 1. The molecule has 0 amide bonds. The molecular formula is C25H31N3O6S. The van der Waals surface area contributed by atoms with Crippen LogP contribution in [0.5, 0.6) is 11.5 Å². The van der Waals surface area contributed by atoms with Gasteiger partial charge in [0, 0.05) is 32.8 Å². The third kappa shape index (κ3) is 5.06. The molecule has 35 heavy (non-hydrogen) atoms. The summed E-state index contributed by atoms with van der Waals surface area (Å²) in [6, 6.07) is 16.3. The fourth-order valence-electron chi connectivity index (χ4n) is 4.01. The summed E-state index contributed by atoms with van der Waals surface area (Å²) in [6.07, 6.45) is 0. The summed E-state index contributed by atoms with van der Waals surface area (Å²) in [7, 11) is 0.838. The number of benzene rings is 2. The highest BCUT2D eigenvalue weighted by Gasteiger charge is 2.45. The Kier molecular flexibility index (Phi) is 7.46. The van der Waals surface area contributed by atoms with Crippen LogP contribution in [0.1, 0.15) is 23.7 Å². The second-order valence-electron chi connectivity index (χ2n) is 8.34. The van der Waals surface area contributed by atoms with Crippen LogP contribution in [0, 0.1) is 0 Å². The average Bonchev–Trinajstić information content (AvgIpc) is 3.30. The fraction of sp³-hybridized carbons (Fsp3) is 0.400. The second kappa shape index (κ2) is 10.4. The molecule has 1 saturated heterocycles. The number of nitrogens with zero attached hydrogens (tertiary/aromatic N) is 3. The molecule has 0 radical (unpaired) electrons. The molecular weight excluding hydrogens is 470 g/mol. The number of hydrogen-bond donors (Lipinski definition) is 0. The van der Waals surface area contributed by atoms with Gasteiger partial charge >= 0.3 is 0 Å². The zero-order valence-electron chi connectivity index (χ0n) is 20.4. The molecule has 10 heteroatoms. The Labute approximate surface area is 206 Å². The van der Waals surface area contributed by atoms with Gasteiger partial charge in [0.15, 0.2) is 10.6 Å². The minimum absolute atomic E-state index is 0.0142. The molecule has 0 N–H and O–H groups in total. The first-order valence-corrected chi connectivity index (χ1v) is 12.8. The third-order valence-electron chi connectivity index (χ3n) is 6.23. The smallest absolute Gasteiger partial charge is 0.263 e. The fourth-order valence-corrected chi connectivity index (χ4v) is 5.38. The maximum Gasteiger partial charge on any atom is 0.263 e. The van der Waals surface area contributed by atoms with Gasteiger partial charge in [0.2, 0.25) is 0 Å². The normalized spacial score (nSPS) is 15.1. The van der Waals surface area contributed by atoms with Crippen molar-refractivity contribution in [3.63, 3.8) is 0 Å². The Hall–Kier alpha value is -2.92. The lowest BCUT2D eigenvalue weighted by molar-refractivity contribution is -0.206. The average molecular weight is 502 g/mol. The van der Waals surface area contributed by atoms with Gasteiger partial charge in [-0.05, 0) is 42.3 Å². The molecule has 2 heterocycles. The zero-order valence-corrected chi connectivity index (χ0v) is 21.2. The van der Waals surface area contributed by atoms with Crippen LogP contribution in [-0.2, 0) is 44.7 Å². The quantitative estimate of drug-likeness (QED) is 0.398. The summed E-state index contributed by atoms with van der Waals surface area (Å²) in [4.78, 5) is 0. The minimum atomic E-state index is -3.95. The first-order valence-electron chi connectivity index (χ1n) is 11.3. The summed E-state index contributed by atoms with van der Waals surface area (Å²) in [5.74, 6) is 1.41. The Morgan fingerprint density at radius 1 is 0.943 bits per heavy atom. The van der Waals surface area contributed by atoms with E-state index in [1.54, 1.807) is 32.1 Å². The van der Waals surface area contributed by atoms with Gasteiger partial charge in [-0.3, -0.25) is 4.68 Å². The number of aryl methyl sites for hydroxylation is 1. The van der Waals surface area contributed by atoms with E-state index in [1.807, 2.05) is 55.5 Å². The molecule has 0 atom stereocenters. The summed E-state index contributed by atoms with van der Waals surface area (Å²) >= 11 is 0. The molecule has 1 aromatic heterocycles. The highest BCUT2D eigenvalue weighted by Crippen LogP contribution is 2.35. The molecule has 188 valence electrons. The molecule has 2 aromatic carbocycles. The minimum Gasteiger partial charge on any atom is -0.497 e. The van der Waals surface area contributed by atoms with Crippen LogP contribution in [-0.4, -0.2) is 57.0 Å². The Morgan fingerprint density at radius 2 is 1.46 bits per heavy atom. The Morgan fingerprint density at radius 3 is 1.83 bits per heavy atom. The van der Waals surface area contributed by atoms with Crippen molar-refractivity contribution < 1.29 is 27.4 Å². The number of rotatable bonds is 11. The van der Waals surface area contributed by atoms with Crippen LogP contribution in [0.15, 0.2) is 59.6 Å². The number of aromatic nitrogens is 2. The highest BCUT2D eigenvalue weighted by molar-refractivity contribution is 7.89. The van der Waals surface area contributed by atoms with E-state index in [2.05, 4.69) is 5.10 Å².